The van der Waals surface area contributed by atoms with Crippen LogP contribution in [-0.2, 0) is 16.5 Å². The lowest BCUT2D eigenvalue weighted by Gasteiger charge is -2.13. The highest BCUT2D eigenvalue weighted by molar-refractivity contribution is 7.85. The monoisotopic (exact) mass is 462 g/mol. The zero-order valence-corrected chi connectivity index (χ0v) is 20.1. The van der Waals surface area contributed by atoms with Gasteiger partial charge in [0.2, 0.25) is 0 Å². The summed E-state index contributed by atoms with van der Waals surface area (Å²) >= 11 is 0. The van der Waals surface area contributed by atoms with Crippen molar-refractivity contribution in [2.24, 2.45) is 0 Å². The summed E-state index contributed by atoms with van der Waals surface area (Å²) in [6.45, 7) is 2.25. The van der Waals surface area contributed by atoms with Crippen LogP contribution in [-0.4, -0.2) is 18.1 Å². The minimum absolute atomic E-state index is 0.00210. The minimum atomic E-state index is -4.37. The Hall–Kier alpha value is -2.05. The van der Waals surface area contributed by atoms with E-state index >= 15 is 0 Å². The third kappa shape index (κ3) is 9.61. The second kappa shape index (κ2) is 14.2. The van der Waals surface area contributed by atoms with Crippen molar-refractivity contribution in [2.75, 3.05) is 0 Å². The largest absolute Gasteiger partial charge is 0.504 e. The normalized spacial score (nSPS) is 11.6. The van der Waals surface area contributed by atoms with Crippen molar-refractivity contribution in [1.82, 2.24) is 0 Å². The summed E-state index contributed by atoms with van der Waals surface area (Å²) in [6, 6.07) is 11.0. The highest BCUT2D eigenvalue weighted by Gasteiger charge is 2.15. The molecule has 0 spiro atoms. The predicted molar refractivity (Wildman–Crippen MR) is 129 cm³/mol. The molecule has 0 aliphatic carbocycles. The van der Waals surface area contributed by atoms with Crippen molar-refractivity contribution >= 4 is 10.1 Å². The molecule has 2 N–H and O–H groups in total. The van der Waals surface area contributed by atoms with Gasteiger partial charge in [0.25, 0.3) is 10.1 Å². The first-order valence-electron chi connectivity index (χ1n) is 12.0. The molecule has 0 unspecified atom stereocenters. The molecule has 0 saturated heterocycles. The number of ether oxygens (including phenoxy) is 1. The Morgan fingerprint density at radius 1 is 0.750 bits per heavy atom. The first-order valence-corrected chi connectivity index (χ1v) is 13.4. The van der Waals surface area contributed by atoms with Crippen molar-refractivity contribution in [3.05, 3.63) is 48.0 Å². The molecule has 2 aromatic rings. The predicted octanol–water partition coefficient (Wildman–Crippen LogP) is 7.67. The van der Waals surface area contributed by atoms with Crippen molar-refractivity contribution < 1.29 is 22.8 Å². The number of aromatic hydroxyl groups is 1. The van der Waals surface area contributed by atoms with E-state index in [2.05, 4.69) is 6.92 Å². The van der Waals surface area contributed by atoms with Gasteiger partial charge in [0.15, 0.2) is 11.5 Å². The van der Waals surface area contributed by atoms with E-state index in [1.807, 2.05) is 18.2 Å². The summed E-state index contributed by atoms with van der Waals surface area (Å²) in [5.41, 5.74) is 1.01. The summed E-state index contributed by atoms with van der Waals surface area (Å²) < 4.78 is 37.8. The maximum absolute atomic E-state index is 11.4. The number of phenolic OH excluding ortho intramolecular Hbond substituents is 1. The Kier molecular flexibility index (Phi) is 11.6. The first-order chi connectivity index (χ1) is 15.4. The molecule has 2 aromatic carbocycles. The van der Waals surface area contributed by atoms with E-state index in [9.17, 15) is 18.1 Å². The van der Waals surface area contributed by atoms with Gasteiger partial charge in [0, 0.05) is 6.07 Å². The number of hydrogen-bond acceptors (Lipinski definition) is 4. The second-order valence-electron chi connectivity index (χ2n) is 8.45. The zero-order chi connectivity index (χ0) is 23.2. The molecule has 6 heteroatoms. The number of aryl methyl sites for hydroxylation is 1. The smallest absolute Gasteiger partial charge is 0.294 e. The lowest BCUT2D eigenvalue weighted by molar-refractivity contribution is 0.406. The molecule has 0 radical (unpaired) electrons. The fourth-order valence-electron chi connectivity index (χ4n) is 3.82. The van der Waals surface area contributed by atoms with Crippen LogP contribution in [0.25, 0.3) is 0 Å². The maximum atomic E-state index is 11.4. The standard InChI is InChI=1S/C26H38O5S/c1-2-3-4-5-6-7-8-9-10-11-12-13-16-22-17-14-15-18-25(22)31-26-21-23(32(28,29)30)19-20-24(26)27/h14-15,17-21,27H,2-13,16H2,1H3,(H,28,29,30). The van der Waals surface area contributed by atoms with Crippen LogP contribution in [0.3, 0.4) is 0 Å². The Labute approximate surface area is 193 Å². The van der Waals surface area contributed by atoms with Crippen LogP contribution in [0.4, 0.5) is 0 Å². The fraction of sp³-hybridized carbons (Fsp3) is 0.538. The fourth-order valence-corrected chi connectivity index (χ4v) is 4.32. The van der Waals surface area contributed by atoms with Crippen LogP contribution in [0, 0.1) is 0 Å². The van der Waals surface area contributed by atoms with Gasteiger partial charge in [-0.05, 0) is 36.6 Å². The quantitative estimate of drug-likeness (QED) is 0.197. The van der Waals surface area contributed by atoms with E-state index in [-0.39, 0.29) is 16.4 Å². The van der Waals surface area contributed by atoms with E-state index in [1.54, 1.807) is 6.07 Å². The Balaban J connectivity index is 1.74. The zero-order valence-electron chi connectivity index (χ0n) is 19.3. The third-order valence-electron chi connectivity index (χ3n) is 5.72. The number of para-hydroxylation sites is 1. The van der Waals surface area contributed by atoms with Crippen LogP contribution in [0.15, 0.2) is 47.4 Å². The van der Waals surface area contributed by atoms with Crippen LogP contribution in [0.2, 0.25) is 0 Å². The average Bonchev–Trinajstić information content (AvgIpc) is 2.76. The molecule has 32 heavy (non-hydrogen) atoms. The van der Waals surface area contributed by atoms with Crippen molar-refractivity contribution in [3.8, 4) is 17.2 Å². The molecular formula is C26H38O5S. The summed E-state index contributed by atoms with van der Waals surface area (Å²) in [5.74, 6) is 0.401. The molecule has 5 nitrogen and oxygen atoms in total. The molecular weight excluding hydrogens is 424 g/mol. The maximum Gasteiger partial charge on any atom is 0.294 e. The summed E-state index contributed by atoms with van der Waals surface area (Å²) in [5, 5.41) is 10.0. The highest BCUT2D eigenvalue weighted by Crippen LogP contribution is 2.34. The summed E-state index contributed by atoms with van der Waals surface area (Å²) in [6.07, 6.45) is 16.4. The van der Waals surface area contributed by atoms with Crippen LogP contribution in [0.1, 0.15) is 89.5 Å². The molecule has 0 heterocycles. The number of unbranched alkanes of at least 4 members (excludes halogenated alkanes) is 11. The first kappa shape index (κ1) is 26.2. The Morgan fingerprint density at radius 2 is 1.31 bits per heavy atom. The molecule has 0 fully saturated rings. The van der Waals surface area contributed by atoms with Gasteiger partial charge < -0.3 is 9.84 Å². The van der Waals surface area contributed by atoms with Gasteiger partial charge in [-0.2, -0.15) is 8.42 Å². The number of hydrogen-bond donors (Lipinski definition) is 2. The van der Waals surface area contributed by atoms with Gasteiger partial charge in [-0.1, -0.05) is 95.8 Å². The van der Waals surface area contributed by atoms with Gasteiger partial charge in [-0.25, -0.2) is 0 Å². The molecule has 0 atom stereocenters. The van der Waals surface area contributed by atoms with E-state index in [4.69, 9.17) is 4.74 Å². The third-order valence-corrected chi connectivity index (χ3v) is 6.57. The molecule has 0 saturated carbocycles. The second-order valence-corrected chi connectivity index (χ2v) is 9.88. The molecule has 178 valence electrons. The van der Waals surface area contributed by atoms with Gasteiger partial charge in [-0.3, -0.25) is 4.55 Å². The van der Waals surface area contributed by atoms with E-state index in [1.165, 1.54) is 70.3 Å². The van der Waals surface area contributed by atoms with Crippen LogP contribution in [0.5, 0.6) is 17.2 Å². The van der Waals surface area contributed by atoms with Crippen LogP contribution < -0.4 is 4.74 Å². The summed E-state index contributed by atoms with van der Waals surface area (Å²) in [4.78, 5) is -0.316. The van der Waals surface area contributed by atoms with E-state index < -0.39 is 10.1 Å². The van der Waals surface area contributed by atoms with Crippen LogP contribution >= 0.6 is 0 Å². The average molecular weight is 463 g/mol. The molecule has 0 aliphatic heterocycles. The molecule has 0 bridgehead atoms. The summed E-state index contributed by atoms with van der Waals surface area (Å²) in [7, 11) is -4.37. The molecule has 0 aromatic heterocycles. The van der Waals surface area contributed by atoms with Gasteiger partial charge >= 0.3 is 0 Å². The van der Waals surface area contributed by atoms with Crippen molar-refractivity contribution in [2.45, 2.75) is 95.3 Å². The van der Waals surface area contributed by atoms with Crippen molar-refractivity contribution in [3.63, 3.8) is 0 Å². The van der Waals surface area contributed by atoms with Crippen molar-refractivity contribution in [1.29, 1.82) is 0 Å². The Morgan fingerprint density at radius 3 is 1.91 bits per heavy atom. The van der Waals surface area contributed by atoms with Gasteiger partial charge in [0.05, 0.1) is 4.90 Å². The topological polar surface area (TPSA) is 83.8 Å². The number of benzene rings is 2. The van der Waals surface area contributed by atoms with E-state index in [0.29, 0.717) is 5.75 Å². The van der Waals surface area contributed by atoms with Gasteiger partial charge in [0.1, 0.15) is 5.75 Å². The SMILES string of the molecule is CCCCCCCCCCCCCCc1ccccc1Oc1cc(S(=O)(=O)O)ccc1O. The lowest BCUT2D eigenvalue weighted by Crippen LogP contribution is -1.99. The lowest BCUT2D eigenvalue weighted by atomic mass is 10.0. The molecule has 2 rings (SSSR count). The molecule has 0 amide bonds. The number of rotatable bonds is 16. The van der Waals surface area contributed by atoms with E-state index in [0.717, 1.165) is 37.0 Å². The van der Waals surface area contributed by atoms with Gasteiger partial charge in [-0.15, -0.1) is 0 Å². The Bertz CT molecular complexity index is 908. The number of phenols is 1. The molecule has 0 aliphatic rings. The highest BCUT2D eigenvalue weighted by atomic mass is 32.2. The minimum Gasteiger partial charge on any atom is -0.504 e.